The van der Waals surface area contributed by atoms with Crippen molar-refractivity contribution in [1.29, 1.82) is 0 Å². The molecule has 0 bridgehead atoms. The van der Waals surface area contributed by atoms with Gasteiger partial charge in [0, 0.05) is 26.7 Å². The molecule has 1 heterocycles. The Morgan fingerprint density at radius 3 is 2.63 bits per heavy atom. The number of carbonyl (C=O) groups is 2. The summed E-state index contributed by atoms with van der Waals surface area (Å²) in [6, 6.07) is 0. The van der Waals surface area contributed by atoms with E-state index in [1.54, 1.807) is 0 Å². The highest BCUT2D eigenvalue weighted by Crippen LogP contribution is 2.22. The van der Waals surface area contributed by atoms with E-state index in [-0.39, 0.29) is 26.1 Å². The predicted octanol–water partition coefficient (Wildman–Crippen LogP) is -0.867. The third-order valence-electron chi connectivity index (χ3n) is 3.05. The number of ether oxygens (including phenoxy) is 1. The van der Waals surface area contributed by atoms with Crippen molar-refractivity contribution in [2.75, 3.05) is 33.8 Å². The van der Waals surface area contributed by atoms with Crippen LogP contribution in [0.3, 0.4) is 0 Å². The summed E-state index contributed by atoms with van der Waals surface area (Å²) in [6.07, 6.45) is 0.155. The number of hydrogen-bond donors (Lipinski definition) is 1. The molecule has 0 radical (unpaired) electrons. The summed E-state index contributed by atoms with van der Waals surface area (Å²) >= 11 is 0. The number of carbonyl (C=O) groups excluding carboxylic acids is 1. The zero-order chi connectivity index (χ0) is 14.6. The lowest BCUT2D eigenvalue weighted by Crippen LogP contribution is -2.41. The first-order valence-corrected chi connectivity index (χ1v) is 7.19. The van der Waals surface area contributed by atoms with Gasteiger partial charge >= 0.3 is 11.9 Å². The van der Waals surface area contributed by atoms with Gasteiger partial charge in [-0.25, -0.2) is 0 Å². The molecule has 1 atom stereocenters. The van der Waals surface area contributed by atoms with Crippen LogP contribution in [0.5, 0.6) is 0 Å². The van der Waals surface area contributed by atoms with Crippen LogP contribution in [0.4, 0.5) is 0 Å². The molecule has 19 heavy (non-hydrogen) atoms. The van der Waals surface area contributed by atoms with E-state index in [1.165, 1.54) is 18.5 Å². The van der Waals surface area contributed by atoms with Crippen molar-refractivity contribution in [3.8, 4) is 0 Å². The molecule has 1 rings (SSSR count). The molecule has 1 fully saturated rings. The zero-order valence-electron chi connectivity index (χ0n) is 10.9. The Morgan fingerprint density at radius 2 is 2.11 bits per heavy atom. The van der Waals surface area contributed by atoms with Gasteiger partial charge in [-0.1, -0.05) is 0 Å². The number of methoxy groups -OCH3 is 1. The summed E-state index contributed by atoms with van der Waals surface area (Å²) in [6.45, 7) is 0.211. The van der Waals surface area contributed by atoms with Crippen molar-refractivity contribution in [2.24, 2.45) is 5.92 Å². The van der Waals surface area contributed by atoms with Gasteiger partial charge in [0.2, 0.25) is 0 Å². The third-order valence-corrected chi connectivity index (χ3v) is 5.00. The first-order valence-electron chi connectivity index (χ1n) is 5.80. The maximum atomic E-state index is 12.1. The fourth-order valence-electron chi connectivity index (χ4n) is 1.86. The Labute approximate surface area is 112 Å². The second kappa shape index (κ2) is 6.31. The SMILES string of the molecule is COC(=O)C1CCN(S(=O)(=O)N(C)CCC(=O)O)C1. The van der Waals surface area contributed by atoms with Crippen molar-refractivity contribution in [2.45, 2.75) is 12.8 Å². The molecule has 0 aromatic rings. The maximum Gasteiger partial charge on any atom is 0.310 e. The van der Waals surface area contributed by atoms with Crippen LogP contribution in [0.25, 0.3) is 0 Å². The van der Waals surface area contributed by atoms with Crippen LogP contribution in [-0.4, -0.2) is 67.9 Å². The van der Waals surface area contributed by atoms with Crippen LogP contribution >= 0.6 is 0 Å². The van der Waals surface area contributed by atoms with Gasteiger partial charge in [0.05, 0.1) is 19.4 Å². The summed E-state index contributed by atoms with van der Waals surface area (Å²) in [5.74, 6) is -1.94. The van der Waals surface area contributed by atoms with Crippen LogP contribution < -0.4 is 0 Å². The number of esters is 1. The molecule has 0 spiro atoms. The Morgan fingerprint density at radius 1 is 1.47 bits per heavy atom. The van der Waals surface area contributed by atoms with Crippen LogP contribution in [0.2, 0.25) is 0 Å². The lowest BCUT2D eigenvalue weighted by atomic mass is 10.1. The second-order valence-corrected chi connectivity index (χ2v) is 6.38. The zero-order valence-corrected chi connectivity index (χ0v) is 11.7. The quantitative estimate of drug-likeness (QED) is 0.639. The first-order chi connectivity index (χ1) is 8.78. The summed E-state index contributed by atoms with van der Waals surface area (Å²) in [5, 5.41) is 8.54. The van der Waals surface area contributed by atoms with E-state index >= 15 is 0 Å². The molecule has 1 saturated heterocycles. The summed E-state index contributed by atoms with van der Waals surface area (Å²) < 4.78 is 31.0. The summed E-state index contributed by atoms with van der Waals surface area (Å²) in [5.41, 5.74) is 0. The van der Waals surface area contributed by atoms with E-state index in [1.807, 2.05) is 0 Å². The number of hydrogen-bond acceptors (Lipinski definition) is 5. The second-order valence-electron chi connectivity index (χ2n) is 4.34. The van der Waals surface area contributed by atoms with Gasteiger partial charge in [-0.3, -0.25) is 9.59 Å². The van der Waals surface area contributed by atoms with Crippen molar-refractivity contribution in [3.05, 3.63) is 0 Å². The first kappa shape index (κ1) is 15.9. The Hall–Kier alpha value is -1.19. The van der Waals surface area contributed by atoms with Gasteiger partial charge in [0.25, 0.3) is 10.2 Å². The van der Waals surface area contributed by atoms with Gasteiger partial charge in [-0.15, -0.1) is 0 Å². The van der Waals surface area contributed by atoms with Gasteiger partial charge in [-0.2, -0.15) is 17.0 Å². The number of rotatable bonds is 6. The molecule has 1 aliphatic heterocycles. The Kier molecular flexibility index (Phi) is 5.27. The van der Waals surface area contributed by atoms with Gasteiger partial charge in [0.1, 0.15) is 0 Å². The maximum absolute atomic E-state index is 12.1. The molecular formula is C10H18N2O6S. The lowest BCUT2D eigenvalue weighted by molar-refractivity contribution is -0.144. The molecule has 0 aromatic carbocycles. The number of carboxylic acids is 1. The average Bonchev–Trinajstić information content (AvgIpc) is 2.84. The van der Waals surface area contributed by atoms with Crippen LogP contribution in [0.1, 0.15) is 12.8 Å². The van der Waals surface area contributed by atoms with Crippen molar-refractivity contribution in [3.63, 3.8) is 0 Å². The van der Waals surface area contributed by atoms with E-state index in [0.717, 1.165) is 4.31 Å². The average molecular weight is 294 g/mol. The summed E-state index contributed by atoms with van der Waals surface area (Å²) in [7, 11) is -1.13. The molecule has 0 saturated carbocycles. The fraction of sp³-hybridized carbons (Fsp3) is 0.800. The highest BCUT2D eigenvalue weighted by Gasteiger charge is 2.37. The minimum absolute atomic E-state index is 0.0758. The fourth-order valence-corrected chi connectivity index (χ4v) is 3.28. The standard InChI is InChI=1S/C10H18N2O6S/c1-11(5-4-9(13)14)19(16,17)12-6-3-8(7-12)10(15)18-2/h8H,3-7H2,1-2H3,(H,13,14). The van der Waals surface area contributed by atoms with E-state index in [9.17, 15) is 18.0 Å². The molecule has 1 unspecified atom stereocenters. The largest absolute Gasteiger partial charge is 0.481 e. The molecule has 0 aliphatic carbocycles. The Balaban J connectivity index is 2.64. The molecule has 110 valence electrons. The third kappa shape index (κ3) is 3.88. The van der Waals surface area contributed by atoms with Gasteiger partial charge in [-0.05, 0) is 6.42 Å². The number of carboxylic acid groups (broad SMARTS) is 1. The van der Waals surface area contributed by atoms with E-state index in [2.05, 4.69) is 4.74 Å². The smallest absolute Gasteiger partial charge is 0.310 e. The molecule has 8 nitrogen and oxygen atoms in total. The van der Waals surface area contributed by atoms with E-state index in [0.29, 0.717) is 6.42 Å². The van der Waals surface area contributed by atoms with Crippen molar-refractivity contribution < 1.29 is 27.9 Å². The summed E-state index contributed by atoms with van der Waals surface area (Å²) in [4.78, 5) is 21.8. The predicted molar refractivity (Wildman–Crippen MR) is 65.5 cm³/mol. The highest BCUT2D eigenvalue weighted by atomic mass is 32.2. The minimum Gasteiger partial charge on any atom is -0.481 e. The normalized spacial score (nSPS) is 20.7. The van der Waals surface area contributed by atoms with Gasteiger partial charge < -0.3 is 9.84 Å². The van der Waals surface area contributed by atoms with Crippen molar-refractivity contribution >= 4 is 22.1 Å². The monoisotopic (exact) mass is 294 g/mol. The Bertz CT molecular complexity index is 449. The molecular weight excluding hydrogens is 276 g/mol. The molecule has 0 amide bonds. The highest BCUT2D eigenvalue weighted by molar-refractivity contribution is 7.86. The van der Waals surface area contributed by atoms with E-state index < -0.39 is 28.1 Å². The van der Waals surface area contributed by atoms with E-state index in [4.69, 9.17) is 5.11 Å². The molecule has 1 N–H and O–H groups in total. The molecule has 0 aromatic heterocycles. The molecule has 9 heteroatoms. The van der Waals surface area contributed by atoms with Crippen LogP contribution in [0.15, 0.2) is 0 Å². The van der Waals surface area contributed by atoms with Crippen LogP contribution in [0, 0.1) is 5.92 Å². The van der Waals surface area contributed by atoms with Gasteiger partial charge in [0.15, 0.2) is 0 Å². The molecule has 1 aliphatic rings. The minimum atomic E-state index is -3.71. The lowest BCUT2D eigenvalue weighted by Gasteiger charge is -2.23. The number of aliphatic carboxylic acids is 1. The van der Waals surface area contributed by atoms with Crippen molar-refractivity contribution in [1.82, 2.24) is 8.61 Å². The van der Waals surface area contributed by atoms with Crippen LogP contribution in [-0.2, 0) is 24.5 Å². The topological polar surface area (TPSA) is 104 Å². The number of nitrogens with zero attached hydrogens (tertiary/aromatic N) is 2.